The van der Waals surface area contributed by atoms with Crippen molar-refractivity contribution < 1.29 is 22.4 Å². The molecule has 0 aliphatic heterocycles. The molecule has 0 amide bonds. The van der Waals surface area contributed by atoms with E-state index < -0.39 is 23.0 Å². The first-order chi connectivity index (χ1) is 14.9. The Bertz CT molecular complexity index is 1550. The number of furan rings is 1. The predicted molar refractivity (Wildman–Crippen MR) is 112 cm³/mol. The zero-order valence-corrected chi connectivity index (χ0v) is 16.2. The Kier molecular flexibility index (Phi) is 4.29. The Morgan fingerprint density at radius 1 is 0.903 bits per heavy atom. The number of aryl methyl sites for hydroxylation is 1. The number of carbonyl (C=O) groups is 1. The van der Waals surface area contributed by atoms with Crippen molar-refractivity contribution in [3.05, 3.63) is 106 Å². The Labute approximate surface area is 174 Å². The van der Waals surface area contributed by atoms with E-state index in [1.807, 2.05) is 6.07 Å². The van der Waals surface area contributed by atoms with Crippen LogP contribution in [-0.4, -0.2) is 5.78 Å². The first-order valence-corrected chi connectivity index (χ1v) is 9.49. The second-order valence-electron chi connectivity index (χ2n) is 7.19. The highest BCUT2D eigenvalue weighted by molar-refractivity contribution is 6.20. The van der Waals surface area contributed by atoms with Gasteiger partial charge in [0.2, 0.25) is 5.78 Å². The third-order valence-corrected chi connectivity index (χ3v) is 5.21. The minimum atomic E-state index is -0.989. The molecule has 2 aromatic heterocycles. The molecule has 0 radical (unpaired) electrons. The summed E-state index contributed by atoms with van der Waals surface area (Å²) in [5.74, 6) is -2.64. The van der Waals surface area contributed by atoms with Gasteiger partial charge in [0.05, 0.1) is 10.9 Å². The van der Waals surface area contributed by atoms with Gasteiger partial charge in [-0.3, -0.25) is 4.79 Å². The van der Waals surface area contributed by atoms with Crippen LogP contribution < -0.4 is 5.63 Å². The summed E-state index contributed by atoms with van der Waals surface area (Å²) in [6.45, 7) is 1.79. The molecule has 3 aromatic carbocycles. The molecule has 0 aliphatic carbocycles. The van der Waals surface area contributed by atoms with Crippen molar-refractivity contribution in [2.24, 2.45) is 0 Å². The van der Waals surface area contributed by atoms with Gasteiger partial charge in [-0.1, -0.05) is 30.3 Å². The van der Waals surface area contributed by atoms with Crippen molar-refractivity contribution in [2.75, 3.05) is 0 Å². The number of hydrogen-bond donors (Lipinski definition) is 0. The molecule has 152 valence electrons. The molecule has 4 nitrogen and oxygen atoms in total. The summed E-state index contributed by atoms with van der Waals surface area (Å²) in [6.07, 6.45) is 0. The maximum absolute atomic E-state index is 14.4. The van der Waals surface area contributed by atoms with Gasteiger partial charge >= 0.3 is 5.63 Å². The van der Waals surface area contributed by atoms with E-state index in [0.717, 1.165) is 12.1 Å². The van der Waals surface area contributed by atoms with Crippen LogP contribution >= 0.6 is 0 Å². The molecule has 0 atom stereocenters. The van der Waals surface area contributed by atoms with E-state index in [1.54, 1.807) is 43.3 Å². The maximum Gasteiger partial charge on any atom is 0.336 e. The first kappa shape index (κ1) is 18.9. The Hall–Kier alpha value is -4.06. The average Bonchev–Trinajstić information content (AvgIpc) is 3.14. The van der Waals surface area contributed by atoms with Crippen molar-refractivity contribution in [3.63, 3.8) is 0 Å². The van der Waals surface area contributed by atoms with Crippen LogP contribution in [0, 0.1) is 18.6 Å². The van der Waals surface area contributed by atoms with Gasteiger partial charge < -0.3 is 8.83 Å². The molecule has 0 saturated heterocycles. The summed E-state index contributed by atoms with van der Waals surface area (Å²) < 4.78 is 39.1. The lowest BCUT2D eigenvalue weighted by atomic mass is 9.96. The minimum Gasteiger partial charge on any atom is -0.452 e. The van der Waals surface area contributed by atoms with Gasteiger partial charge in [0.1, 0.15) is 22.8 Å². The van der Waals surface area contributed by atoms with Crippen molar-refractivity contribution in [2.45, 2.75) is 6.92 Å². The van der Waals surface area contributed by atoms with Crippen LogP contribution in [0.5, 0.6) is 0 Å². The molecule has 2 heterocycles. The smallest absolute Gasteiger partial charge is 0.336 e. The fourth-order valence-electron chi connectivity index (χ4n) is 3.80. The number of rotatable bonds is 3. The van der Waals surface area contributed by atoms with Gasteiger partial charge in [-0.05, 0) is 42.3 Å². The van der Waals surface area contributed by atoms with Crippen LogP contribution in [0.3, 0.4) is 0 Å². The minimum absolute atomic E-state index is 0.122. The van der Waals surface area contributed by atoms with E-state index in [0.29, 0.717) is 39.1 Å². The topological polar surface area (TPSA) is 60.4 Å². The van der Waals surface area contributed by atoms with E-state index in [1.165, 1.54) is 6.07 Å². The molecule has 31 heavy (non-hydrogen) atoms. The summed E-state index contributed by atoms with van der Waals surface area (Å²) in [4.78, 5) is 25.3. The van der Waals surface area contributed by atoms with E-state index >= 15 is 0 Å². The molecule has 0 unspecified atom stereocenters. The van der Waals surface area contributed by atoms with Gasteiger partial charge in [-0.25, -0.2) is 13.6 Å². The number of fused-ring (bicyclic) bond motifs is 3. The third-order valence-electron chi connectivity index (χ3n) is 5.21. The molecule has 0 saturated carbocycles. The van der Waals surface area contributed by atoms with Gasteiger partial charge in [-0.15, -0.1) is 0 Å². The number of halogens is 2. The normalized spacial score (nSPS) is 11.3. The highest BCUT2D eigenvalue weighted by Crippen LogP contribution is 2.40. The van der Waals surface area contributed by atoms with Crippen molar-refractivity contribution in [1.29, 1.82) is 0 Å². The Morgan fingerprint density at radius 3 is 2.42 bits per heavy atom. The quantitative estimate of drug-likeness (QED) is 0.266. The monoisotopic (exact) mass is 416 g/mol. The summed E-state index contributed by atoms with van der Waals surface area (Å²) in [7, 11) is 0. The van der Waals surface area contributed by atoms with Crippen molar-refractivity contribution in [3.8, 4) is 11.1 Å². The SMILES string of the molecule is Cc1cc(=O)oc2c1ccc1oc(C(=O)c3ccc(F)cc3F)c(-c3ccccc3)c12. The fraction of sp³-hybridized carbons (Fsp3) is 0.0400. The zero-order chi connectivity index (χ0) is 21.7. The van der Waals surface area contributed by atoms with Crippen LogP contribution in [-0.2, 0) is 0 Å². The van der Waals surface area contributed by atoms with E-state index in [4.69, 9.17) is 8.83 Å². The van der Waals surface area contributed by atoms with Gasteiger partial charge in [-0.2, -0.15) is 0 Å². The number of hydrogen-bond acceptors (Lipinski definition) is 4. The second-order valence-corrected chi connectivity index (χ2v) is 7.19. The van der Waals surface area contributed by atoms with Crippen LogP contribution in [0.15, 0.2) is 80.4 Å². The Morgan fingerprint density at radius 2 is 1.68 bits per heavy atom. The lowest BCUT2D eigenvalue weighted by Crippen LogP contribution is -2.05. The molecule has 5 aromatic rings. The molecule has 0 fully saturated rings. The van der Waals surface area contributed by atoms with Gasteiger partial charge in [0.25, 0.3) is 0 Å². The lowest BCUT2D eigenvalue weighted by Gasteiger charge is -2.06. The number of carbonyl (C=O) groups excluding carboxylic acids is 1. The highest BCUT2D eigenvalue weighted by atomic mass is 19.1. The molecule has 5 rings (SSSR count). The summed E-state index contributed by atoms with van der Waals surface area (Å²) in [5.41, 5.74) is 1.46. The number of ketones is 1. The van der Waals surface area contributed by atoms with Gasteiger partial charge in [0, 0.05) is 23.1 Å². The van der Waals surface area contributed by atoms with E-state index in [2.05, 4.69) is 0 Å². The summed E-state index contributed by atoms with van der Waals surface area (Å²) in [5, 5.41) is 1.13. The molecule has 0 bridgehead atoms. The zero-order valence-electron chi connectivity index (χ0n) is 16.2. The molecular weight excluding hydrogens is 402 g/mol. The largest absolute Gasteiger partial charge is 0.452 e. The molecule has 6 heteroatoms. The third kappa shape index (κ3) is 3.04. The highest BCUT2D eigenvalue weighted by Gasteiger charge is 2.27. The van der Waals surface area contributed by atoms with Crippen LogP contribution in [0.2, 0.25) is 0 Å². The van der Waals surface area contributed by atoms with Crippen LogP contribution in [0.4, 0.5) is 8.78 Å². The van der Waals surface area contributed by atoms with Crippen molar-refractivity contribution >= 4 is 27.7 Å². The predicted octanol–water partition coefficient (Wildman–Crippen LogP) is 6.02. The van der Waals surface area contributed by atoms with Crippen LogP contribution in [0.25, 0.3) is 33.1 Å². The molecule has 0 aliphatic rings. The maximum atomic E-state index is 14.4. The lowest BCUT2D eigenvalue weighted by molar-refractivity contribution is 0.101. The standard InChI is InChI=1S/C25H14F2O4/c1-13-11-20(28)31-24-16(13)9-10-19-22(24)21(14-5-3-2-4-6-14)25(30-19)23(29)17-8-7-15(26)12-18(17)27/h2-12H,1H3. The van der Waals surface area contributed by atoms with Crippen molar-refractivity contribution in [1.82, 2.24) is 0 Å². The van der Waals surface area contributed by atoms with Gasteiger partial charge in [0.15, 0.2) is 5.76 Å². The average molecular weight is 416 g/mol. The van der Waals surface area contributed by atoms with E-state index in [-0.39, 0.29) is 16.9 Å². The molecule has 0 N–H and O–H groups in total. The van der Waals surface area contributed by atoms with E-state index in [9.17, 15) is 18.4 Å². The first-order valence-electron chi connectivity index (χ1n) is 9.49. The molecule has 0 spiro atoms. The fourth-order valence-corrected chi connectivity index (χ4v) is 3.80. The molecular formula is C25H14F2O4. The summed E-state index contributed by atoms with van der Waals surface area (Å²) in [6, 6.07) is 16.5. The van der Waals surface area contributed by atoms with Crippen LogP contribution in [0.1, 0.15) is 21.7 Å². The Balaban J connectivity index is 1.90. The second kappa shape index (κ2) is 7.02. The number of benzene rings is 3. The summed E-state index contributed by atoms with van der Waals surface area (Å²) >= 11 is 0.